The van der Waals surface area contributed by atoms with E-state index in [-0.39, 0.29) is 0 Å². The number of anilines is 2. The Balaban J connectivity index is 1.62. The second-order valence-electron chi connectivity index (χ2n) is 6.19. The third kappa shape index (κ3) is 5.58. The summed E-state index contributed by atoms with van der Waals surface area (Å²) in [7, 11) is 0. The third-order valence-electron chi connectivity index (χ3n) is 4.44. The van der Waals surface area contributed by atoms with Crippen LogP contribution in [0.5, 0.6) is 0 Å². The van der Waals surface area contributed by atoms with E-state index >= 15 is 0 Å². The van der Waals surface area contributed by atoms with Gasteiger partial charge in [0.05, 0.1) is 0 Å². The molecule has 3 nitrogen and oxygen atoms in total. The van der Waals surface area contributed by atoms with Crippen LogP contribution in [0.4, 0.5) is 11.4 Å². The predicted molar refractivity (Wildman–Crippen MR) is 92.9 cm³/mol. The maximum absolute atomic E-state index is 5.87. The average molecular weight is 289 g/mol. The van der Waals surface area contributed by atoms with Crippen molar-refractivity contribution in [2.45, 2.75) is 45.4 Å². The highest BCUT2D eigenvalue weighted by Gasteiger charge is 2.16. The lowest BCUT2D eigenvalue weighted by Gasteiger charge is -2.36. The fourth-order valence-corrected chi connectivity index (χ4v) is 3.07. The van der Waals surface area contributed by atoms with Crippen LogP contribution in [0.1, 0.15) is 45.4 Å². The van der Waals surface area contributed by atoms with Crippen molar-refractivity contribution in [3.05, 3.63) is 24.3 Å². The first kappa shape index (κ1) is 16.2. The van der Waals surface area contributed by atoms with E-state index in [1.165, 1.54) is 63.8 Å². The molecule has 1 aromatic carbocycles. The maximum Gasteiger partial charge on any atom is 0.0387 e. The molecule has 0 amide bonds. The average Bonchev–Trinajstić information content (AvgIpc) is 2.51. The van der Waals surface area contributed by atoms with Crippen LogP contribution in [0.15, 0.2) is 24.3 Å². The fraction of sp³-hybridized carbons (Fsp3) is 0.667. The van der Waals surface area contributed by atoms with Crippen molar-refractivity contribution in [1.82, 2.24) is 4.90 Å². The summed E-state index contributed by atoms with van der Waals surface area (Å²) in [6.07, 6.45) is 8.33. The zero-order valence-electron chi connectivity index (χ0n) is 13.6. The second-order valence-corrected chi connectivity index (χ2v) is 6.19. The topological polar surface area (TPSA) is 32.5 Å². The summed E-state index contributed by atoms with van der Waals surface area (Å²) >= 11 is 0. The summed E-state index contributed by atoms with van der Waals surface area (Å²) in [5.41, 5.74) is 8.01. The van der Waals surface area contributed by atoms with Gasteiger partial charge in [-0.2, -0.15) is 0 Å². The molecule has 1 heterocycles. The zero-order valence-corrected chi connectivity index (χ0v) is 13.6. The molecule has 0 radical (unpaired) electrons. The Bertz CT molecular complexity index is 397. The summed E-state index contributed by atoms with van der Waals surface area (Å²) < 4.78 is 0. The summed E-state index contributed by atoms with van der Waals surface area (Å²) in [6, 6.07) is 8.26. The third-order valence-corrected chi connectivity index (χ3v) is 4.44. The number of hydrogen-bond acceptors (Lipinski definition) is 3. The van der Waals surface area contributed by atoms with Crippen LogP contribution in [-0.4, -0.2) is 37.6 Å². The van der Waals surface area contributed by atoms with E-state index in [0.717, 1.165) is 18.8 Å². The Hall–Kier alpha value is -1.22. The molecule has 2 N–H and O–H groups in total. The Morgan fingerprint density at radius 1 is 0.952 bits per heavy atom. The maximum atomic E-state index is 5.87. The fourth-order valence-electron chi connectivity index (χ4n) is 3.07. The van der Waals surface area contributed by atoms with E-state index < -0.39 is 0 Å². The normalized spacial score (nSPS) is 16.3. The smallest absolute Gasteiger partial charge is 0.0387 e. The van der Waals surface area contributed by atoms with Crippen LogP contribution >= 0.6 is 0 Å². The van der Waals surface area contributed by atoms with Gasteiger partial charge in [-0.1, -0.05) is 45.1 Å². The lowest BCUT2D eigenvalue weighted by Crippen LogP contribution is -2.46. The van der Waals surface area contributed by atoms with Crippen LogP contribution in [0.2, 0.25) is 0 Å². The van der Waals surface area contributed by atoms with Crippen molar-refractivity contribution < 1.29 is 0 Å². The summed E-state index contributed by atoms with van der Waals surface area (Å²) in [5.74, 6) is 0. The number of nitrogens with zero attached hydrogens (tertiary/aromatic N) is 2. The molecule has 1 saturated heterocycles. The number of benzene rings is 1. The van der Waals surface area contributed by atoms with E-state index in [1.807, 2.05) is 12.1 Å². The minimum Gasteiger partial charge on any atom is -0.399 e. The number of rotatable bonds is 8. The minimum atomic E-state index is 0.863. The first-order chi connectivity index (χ1) is 10.3. The monoisotopic (exact) mass is 289 g/mol. The molecule has 0 atom stereocenters. The minimum absolute atomic E-state index is 0.863. The zero-order chi connectivity index (χ0) is 14.9. The first-order valence-electron chi connectivity index (χ1n) is 8.62. The van der Waals surface area contributed by atoms with Crippen LogP contribution in [-0.2, 0) is 0 Å². The Morgan fingerprint density at radius 3 is 2.38 bits per heavy atom. The van der Waals surface area contributed by atoms with E-state index in [1.54, 1.807) is 0 Å². The van der Waals surface area contributed by atoms with Gasteiger partial charge < -0.3 is 10.6 Å². The van der Waals surface area contributed by atoms with Crippen molar-refractivity contribution in [2.24, 2.45) is 0 Å². The Kier molecular flexibility index (Phi) is 6.87. The molecule has 21 heavy (non-hydrogen) atoms. The summed E-state index contributed by atoms with van der Waals surface area (Å²) in [4.78, 5) is 5.07. The van der Waals surface area contributed by atoms with Crippen molar-refractivity contribution in [2.75, 3.05) is 43.4 Å². The number of hydrogen-bond donors (Lipinski definition) is 1. The molecule has 0 spiro atoms. The van der Waals surface area contributed by atoms with Crippen LogP contribution in [0.3, 0.4) is 0 Å². The predicted octanol–water partition coefficient (Wildman–Crippen LogP) is 3.75. The molecule has 1 fully saturated rings. The van der Waals surface area contributed by atoms with E-state index in [2.05, 4.69) is 28.9 Å². The molecular weight excluding hydrogens is 258 g/mol. The quantitative estimate of drug-likeness (QED) is 0.584. The van der Waals surface area contributed by atoms with E-state index in [0.29, 0.717) is 0 Å². The van der Waals surface area contributed by atoms with Crippen LogP contribution in [0, 0.1) is 0 Å². The Morgan fingerprint density at radius 2 is 1.67 bits per heavy atom. The molecular formula is C18H31N3. The van der Waals surface area contributed by atoms with Crippen molar-refractivity contribution >= 4 is 11.4 Å². The van der Waals surface area contributed by atoms with Gasteiger partial charge in [0.15, 0.2) is 0 Å². The van der Waals surface area contributed by atoms with Gasteiger partial charge in [0.2, 0.25) is 0 Å². The number of unbranched alkanes of at least 4 members (excludes halogenated alkanes) is 5. The first-order valence-corrected chi connectivity index (χ1v) is 8.62. The molecule has 0 bridgehead atoms. The molecule has 2 rings (SSSR count). The highest BCUT2D eigenvalue weighted by atomic mass is 15.3. The molecule has 1 aromatic rings. The molecule has 3 heteroatoms. The van der Waals surface area contributed by atoms with Gasteiger partial charge in [0.25, 0.3) is 0 Å². The van der Waals surface area contributed by atoms with Crippen LogP contribution < -0.4 is 10.6 Å². The highest BCUT2D eigenvalue weighted by Crippen LogP contribution is 2.19. The molecule has 0 aliphatic carbocycles. The van der Waals surface area contributed by atoms with E-state index in [9.17, 15) is 0 Å². The molecule has 1 aliphatic rings. The van der Waals surface area contributed by atoms with Gasteiger partial charge in [-0.3, -0.25) is 4.90 Å². The lowest BCUT2D eigenvalue weighted by atomic mass is 10.1. The molecule has 0 unspecified atom stereocenters. The molecule has 1 aliphatic heterocycles. The number of piperazine rings is 1. The van der Waals surface area contributed by atoms with Crippen molar-refractivity contribution in [3.63, 3.8) is 0 Å². The Labute approximate surface area is 130 Å². The number of nitrogen functional groups attached to an aromatic ring is 1. The van der Waals surface area contributed by atoms with Gasteiger partial charge in [0, 0.05) is 37.6 Å². The standard InChI is InChI=1S/C18H31N3/c1-2-3-4-5-6-7-11-20-12-14-21(15-13-20)18-10-8-9-17(19)16-18/h8-10,16H,2-7,11-15,19H2,1H3. The van der Waals surface area contributed by atoms with Crippen molar-refractivity contribution in [1.29, 1.82) is 0 Å². The van der Waals surface area contributed by atoms with Gasteiger partial charge in [-0.15, -0.1) is 0 Å². The summed E-state index contributed by atoms with van der Waals surface area (Å²) in [5, 5.41) is 0. The molecule has 0 saturated carbocycles. The largest absolute Gasteiger partial charge is 0.399 e. The van der Waals surface area contributed by atoms with Crippen molar-refractivity contribution in [3.8, 4) is 0 Å². The SMILES string of the molecule is CCCCCCCCN1CCN(c2cccc(N)c2)CC1. The van der Waals surface area contributed by atoms with Crippen LogP contribution in [0.25, 0.3) is 0 Å². The van der Waals surface area contributed by atoms with Gasteiger partial charge in [0.1, 0.15) is 0 Å². The lowest BCUT2D eigenvalue weighted by molar-refractivity contribution is 0.252. The van der Waals surface area contributed by atoms with E-state index in [4.69, 9.17) is 5.73 Å². The van der Waals surface area contributed by atoms with Gasteiger partial charge in [-0.25, -0.2) is 0 Å². The molecule has 118 valence electrons. The second kappa shape index (κ2) is 8.93. The van der Waals surface area contributed by atoms with Gasteiger partial charge in [-0.05, 0) is 31.2 Å². The van der Waals surface area contributed by atoms with Gasteiger partial charge >= 0.3 is 0 Å². The highest BCUT2D eigenvalue weighted by molar-refractivity contribution is 5.56. The summed E-state index contributed by atoms with van der Waals surface area (Å²) in [6.45, 7) is 8.17. The number of nitrogens with two attached hydrogens (primary N) is 1. The molecule has 0 aromatic heterocycles.